The molecule has 0 saturated heterocycles. The topological polar surface area (TPSA) is 135 Å². The SMILES string of the molecule is CCOP(=S)(OCC)SCSc1cc(Cl)ccc1Cl.N[C@@H](Cc1ccc(O)cc1)C(=O)O.Oc1ccco1. The number of phenolic OH excluding ortho intramolecular Hbond substituents is 1. The molecule has 1 atom stereocenters. The Morgan fingerprint density at radius 3 is 2.21 bits per heavy atom. The van der Waals surface area contributed by atoms with Gasteiger partial charge in [0.2, 0.25) is 5.69 Å². The lowest BCUT2D eigenvalue weighted by atomic mass is 10.1. The molecular weight excluding hydrogens is 612 g/mol. The Hall–Kier alpha value is -1.40. The molecule has 0 bridgehead atoms. The maximum atomic E-state index is 10.4. The Bertz CT molecular complexity index is 1130. The van der Waals surface area contributed by atoms with Crippen LogP contribution in [0.25, 0.3) is 0 Å². The molecule has 0 saturated carbocycles. The molecule has 0 aliphatic carbocycles. The summed E-state index contributed by atoms with van der Waals surface area (Å²) in [7, 11) is 0. The largest absolute Gasteiger partial charge is 0.508 e. The fourth-order valence-electron chi connectivity index (χ4n) is 2.41. The summed E-state index contributed by atoms with van der Waals surface area (Å²) in [6.07, 6.45) is 1.69. The van der Waals surface area contributed by atoms with Gasteiger partial charge < -0.3 is 34.5 Å². The number of benzene rings is 2. The molecule has 1 aromatic heterocycles. The molecule has 3 aromatic rings. The van der Waals surface area contributed by atoms with Crippen molar-refractivity contribution in [3.05, 3.63) is 76.5 Å². The molecule has 5 N–H and O–H groups in total. The summed E-state index contributed by atoms with van der Waals surface area (Å²) in [6.45, 7) is 4.96. The molecule has 3 rings (SSSR count). The van der Waals surface area contributed by atoms with Gasteiger partial charge in [0.15, 0.2) is 0 Å². The molecule has 210 valence electrons. The van der Waals surface area contributed by atoms with Gasteiger partial charge >= 0.3 is 5.97 Å². The van der Waals surface area contributed by atoms with Crippen LogP contribution in [0.3, 0.4) is 0 Å². The van der Waals surface area contributed by atoms with E-state index in [0.29, 0.717) is 23.3 Å². The van der Waals surface area contributed by atoms with E-state index in [1.54, 1.807) is 42.1 Å². The van der Waals surface area contributed by atoms with Gasteiger partial charge in [-0.2, -0.15) is 0 Å². The zero-order chi connectivity index (χ0) is 28.6. The first-order valence-corrected chi connectivity index (χ1v) is 17.1. The molecule has 0 unspecified atom stereocenters. The van der Waals surface area contributed by atoms with Gasteiger partial charge in [0, 0.05) is 16.0 Å². The van der Waals surface area contributed by atoms with Crippen LogP contribution in [0.5, 0.6) is 11.7 Å². The van der Waals surface area contributed by atoms with Gasteiger partial charge in [-0.05, 0) is 74.0 Å². The molecule has 0 fully saturated rings. The van der Waals surface area contributed by atoms with Crippen LogP contribution in [0.2, 0.25) is 10.0 Å². The highest BCUT2D eigenvalue weighted by Gasteiger charge is 2.19. The average molecular weight is 643 g/mol. The van der Waals surface area contributed by atoms with Crippen LogP contribution in [0.1, 0.15) is 19.4 Å². The second-order valence-electron chi connectivity index (χ2n) is 7.02. The molecule has 0 aliphatic heterocycles. The van der Waals surface area contributed by atoms with Gasteiger partial charge in [0.1, 0.15) is 11.8 Å². The van der Waals surface area contributed by atoms with E-state index in [4.69, 9.17) is 65.1 Å². The van der Waals surface area contributed by atoms with Gasteiger partial charge in [0.25, 0.3) is 5.95 Å². The summed E-state index contributed by atoms with van der Waals surface area (Å²) in [5.41, 5.74) is 3.89. The van der Waals surface area contributed by atoms with Crippen molar-refractivity contribution in [3.63, 3.8) is 0 Å². The number of rotatable bonds is 11. The van der Waals surface area contributed by atoms with Crippen molar-refractivity contribution in [2.24, 2.45) is 5.73 Å². The maximum absolute atomic E-state index is 10.4. The van der Waals surface area contributed by atoms with Crippen molar-refractivity contribution in [1.82, 2.24) is 0 Å². The van der Waals surface area contributed by atoms with Crippen LogP contribution in [0, 0.1) is 0 Å². The number of halogens is 2. The first-order chi connectivity index (χ1) is 18.0. The van der Waals surface area contributed by atoms with Crippen molar-refractivity contribution < 1.29 is 33.6 Å². The van der Waals surface area contributed by atoms with Crippen LogP contribution < -0.4 is 5.73 Å². The zero-order valence-electron chi connectivity index (χ0n) is 20.7. The Morgan fingerprint density at radius 2 is 1.74 bits per heavy atom. The summed E-state index contributed by atoms with van der Waals surface area (Å²) >= 11 is 20.6. The minimum atomic E-state index is -2.23. The van der Waals surface area contributed by atoms with Gasteiger partial charge in [-0.25, -0.2) is 0 Å². The standard InChI is InChI=1S/C11H15Cl2O2PS3.C9H11NO3.C4H4O2/c1-3-14-16(17,15-4-2)19-8-18-11-7-9(12)5-6-10(11)13;10-8(9(12)13)5-6-1-3-7(11)4-2-6;5-4-2-1-3-6-4/h5-7H,3-4,8H2,1-2H3;1-4,8,11H,5,10H2,(H,12,13);1-3,5H/t;8-;/m.0./s1. The monoisotopic (exact) mass is 641 g/mol. The Kier molecular flexibility index (Phi) is 17.1. The minimum Gasteiger partial charge on any atom is -0.508 e. The van der Waals surface area contributed by atoms with E-state index in [-0.39, 0.29) is 18.1 Å². The number of nitrogens with two attached hydrogens (primary N) is 1. The predicted octanol–water partition coefficient (Wildman–Crippen LogP) is 7.41. The number of hydrogen-bond acceptors (Lipinski definition) is 10. The summed E-state index contributed by atoms with van der Waals surface area (Å²) < 4.78 is 15.5. The third-order valence-corrected chi connectivity index (χ3v) is 11.9. The van der Waals surface area contributed by atoms with Crippen LogP contribution in [-0.2, 0) is 32.1 Å². The van der Waals surface area contributed by atoms with E-state index >= 15 is 0 Å². The van der Waals surface area contributed by atoms with Gasteiger partial charge in [0.05, 0.1) is 29.6 Å². The molecule has 8 nitrogen and oxygen atoms in total. The summed E-state index contributed by atoms with van der Waals surface area (Å²) in [5, 5.41) is 27.9. The second kappa shape index (κ2) is 18.8. The minimum absolute atomic E-state index is 0.0324. The Morgan fingerprint density at radius 1 is 1.11 bits per heavy atom. The number of carboxylic acid groups (broad SMARTS) is 1. The molecule has 0 radical (unpaired) electrons. The fourth-order valence-corrected chi connectivity index (χ4v) is 9.95. The van der Waals surface area contributed by atoms with Crippen LogP contribution in [-0.4, -0.2) is 45.6 Å². The number of thioether (sulfide) groups is 1. The van der Waals surface area contributed by atoms with Gasteiger partial charge in [-0.1, -0.05) is 46.7 Å². The number of phenols is 1. The molecule has 1 heterocycles. The molecule has 2 aromatic carbocycles. The zero-order valence-corrected chi connectivity index (χ0v) is 25.5. The first kappa shape index (κ1) is 34.6. The van der Waals surface area contributed by atoms with Crippen LogP contribution in [0.15, 0.2) is 70.2 Å². The Balaban J connectivity index is 0.000000324. The van der Waals surface area contributed by atoms with Crippen molar-refractivity contribution in [2.75, 3.05) is 18.3 Å². The normalized spacial score (nSPS) is 11.5. The molecule has 0 spiro atoms. The van der Waals surface area contributed by atoms with Crippen LogP contribution in [0.4, 0.5) is 0 Å². The van der Waals surface area contributed by atoms with E-state index in [0.717, 1.165) is 15.5 Å². The highest BCUT2D eigenvalue weighted by Crippen LogP contribution is 2.62. The van der Waals surface area contributed by atoms with E-state index in [9.17, 15) is 4.79 Å². The first-order valence-electron chi connectivity index (χ1n) is 11.1. The quantitative estimate of drug-likeness (QED) is 0.0946. The second-order valence-corrected chi connectivity index (χ2v) is 15.6. The van der Waals surface area contributed by atoms with Gasteiger partial charge in [-0.3, -0.25) is 4.79 Å². The van der Waals surface area contributed by atoms with Crippen molar-refractivity contribution in [2.45, 2.75) is 31.2 Å². The smallest absolute Gasteiger partial charge is 0.320 e. The molecule has 0 amide bonds. The Labute approximate surface area is 245 Å². The van der Waals surface area contributed by atoms with Crippen molar-refractivity contribution >= 4 is 69.8 Å². The summed E-state index contributed by atoms with van der Waals surface area (Å²) in [5.74, 6) is -0.893. The molecule has 0 aliphatic rings. The molecule has 38 heavy (non-hydrogen) atoms. The fraction of sp³-hybridized carbons (Fsp3) is 0.292. The van der Waals surface area contributed by atoms with E-state index in [1.807, 2.05) is 19.9 Å². The highest BCUT2D eigenvalue weighted by atomic mass is 35.5. The lowest BCUT2D eigenvalue weighted by Crippen LogP contribution is -2.32. The number of aromatic hydroxyl groups is 2. The van der Waals surface area contributed by atoms with E-state index < -0.39 is 17.7 Å². The highest BCUT2D eigenvalue weighted by molar-refractivity contribution is 8.69. The third kappa shape index (κ3) is 14.7. The summed E-state index contributed by atoms with van der Waals surface area (Å²) in [6, 6.07) is 13.9. The van der Waals surface area contributed by atoms with Crippen molar-refractivity contribution in [3.8, 4) is 11.7 Å². The van der Waals surface area contributed by atoms with Gasteiger partial charge in [-0.15, -0.1) is 11.8 Å². The average Bonchev–Trinajstić information content (AvgIpc) is 3.34. The lowest BCUT2D eigenvalue weighted by molar-refractivity contribution is -0.138. The van der Waals surface area contributed by atoms with Crippen LogP contribution >= 0.6 is 52.0 Å². The number of aliphatic carboxylic acids is 1. The van der Waals surface area contributed by atoms with E-state index in [2.05, 4.69) is 4.42 Å². The van der Waals surface area contributed by atoms with Crippen molar-refractivity contribution in [1.29, 1.82) is 0 Å². The summed E-state index contributed by atoms with van der Waals surface area (Å²) in [4.78, 5) is 11.3. The lowest BCUT2D eigenvalue weighted by Gasteiger charge is -2.19. The number of hydrogen-bond donors (Lipinski definition) is 4. The third-order valence-electron chi connectivity index (χ3n) is 4.11. The molecular formula is C24H30Cl2NO7PS3. The predicted molar refractivity (Wildman–Crippen MR) is 160 cm³/mol. The maximum Gasteiger partial charge on any atom is 0.320 e. The number of carboxylic acids is 1. The number of carbonyl (C=O) groups is 1. The van der Waals surface area contributed by atoms with E-state index in [1.165, 1.54) is 35.8 Å². The molecule has 14 heteroatoms. The number of furan rings is 1.